The van der Waals surface area contributed by atoms with Crippen molar-refractivity contribution in [3.8, 4) is 0 Å². The summed E-state index contributed by atoms with van der Waals surface area (Å²) >= 11 is 0. The molecule has 0 spiro atoms. The fourth-order valence-electron chi connectivity index (χ4n) is 2.70. The van der Waals surface area contributed by atoms with Gasteiger partial charge in [-0.1, -0.05) is 0 Å². The topological polar surface area (TPSA) is 86.0 Å². The normalized spacial score (nSPS) is 22.4. The molecule has 0 amide bonds. The Morgan fingerprint density at radius 1 is 1.24 bits per heavy atom. The van der Waals surface area contributed by atoms with Gasteiger partial charge in [0, 0.05) is 19.3 Å². The van der Waals surface area contributed by atoms with Crippen molar-refractivity contribution in [2.75, 3.05) is 18.2 Å². The zero-order valence-corrected chi connectivity index (χ0v) is 11.8. The predicted octanol–water partition coefficient (Wildman–Crippen LogP) is 2.12. The maximum absolute atomic E-state index is 13.8. The molecule has 2 aromatic heterocycles. The monoisotopic (exact) mass is 291 g/mol. The van der Waals surface area contributed by atoms with Gasteiger partial charge >= 0.3 is 0 Å². The Balaban J connectivity index is 1.78. The van der Waals surface area contributed by atoms with E-state index in [1.165, 1.54) is 6.20 Å². The first kappa shape index (κ1) is 13.9. The van der Waals surface area contributed by atoms with Crippen LogP contribution >= 0.6 is 0 Å². The molecule has 0 unspecified atom stereocenters. The molecule has 0 aliphatic heterocycles. The number of methoxy groups -OCH3 is 1. The molecular weight excluding hydrogens is 273 g/mol. The van der Waals surface area contributed by atoms with Gasteiger partial charge in [-0.05, 0) is 25.7 Å². The molecule has 1 aliphatic carbocycles. The number of anilines is 2. The van der Waals surface area contributed by atoms with Crippen molar-refractivity contribution in [2.45, 2.75) is 37.8 Å². The van der Waals surface area contributed by atoms with Crippen molar-refractivity contribution in [3.05, 3.63) is 18.2 Å². The minimum atomic E-state index is -0.493. The number of aromatic nitrogens is 3. The molecular formula is C14H18FN5O. The van der Waals surface area contributed by atoms with Crippen LogP contribution in [0.3, 0.4) is 0 Å². The second-order valence-electron chi connectivity index (χ2n) is 5.30. The lowest BCUT2D eigenvalue weighted by molar-refractivity contribution is 0.0681. The molecule has 3 rings (SSSR count). The van der Waals surface area contributed by atoms with Gasteiger partial charge in [0.1, 0.15) is 11.3 Å². The number of nitrogen functional groups attached to an aromatic ring is 1. The highest BCUT2D eigenvalue weighted by Gasteiger charge is 2.21. The quantitative estimate of drug-likeness (QED) is 0.901. The van der Waals surface area contributed by atoms with E-state index < -0.39 is 5.82 Å². The van der Waals surface area contributed by atoms with Crippen molar-refractivity contribution >= 4 is 22.7 Å². The summed E-state index contributed by atoms with van der Waals surface area (Å²) in [4.78, 5) is 12.2. The van der Waals surface area contributed by atoms with Crippen LogP contribution in [0.1, 0.15) is 25.7 Å². The first-order valence-electron chi connectivity index (χ1n) is 7.03. The fraction of sp³-hybridized carbons (Fsp3) is 0.500. The number of pyridine rings is 1. The van der Waals surface area contributed by atoms with Crippen molar-refractivity contribution in [2.24, 2.45) is 0 Å². The van der Waals surface area contributed by atoms with E-state index in [1.54, 1.807) is 7.11 Å². The minimum absolute atomic E-state index is 0.200. The first-order valence-corrected chi connectivity index (χ1v) is 7.03. The number of ether oxygens (including phenoxy) is 1. The highest BCUT2D eigenvalue weighted by atomic mass is 19.1. The Morgan fingerprint density at radius 3 is 2.71 bits per heavy atom. The Kier molecular flexibility index (Phi) is 3.83. The van der Waals surface area contributed by atoms with Gasteiger partial charge in [-0.3, -0.25) is 0 Å². The SMILES string of the molecule is CO[C@H]1CC[C@H](Nc2ncc3c(N)ncc(F)c3n2)CC1. The summed E-state index contributed by atoms with van der Waals surface area (Å²) in [5, 5.41) is 3.69. The maximum Gasteiger partial charge on any atom is 0.223 e. The summed E-state index contributed by atoms with van der Waals surface area (Å²) in [5.74, 6) is 0.166. The average molecular weight is 291 g/mol. The van der Waals surface area contributed by atoms with E-state index in [2.05, 4.69) is 20.3 Å². The van der Waals surface area contributed by atoms with Crippen molar-refractivity contribution in [1.29, 1.82) is 0 Å². The summed E-state index contributed by atoms with van der Waals surface area (Å²) in [5.41, 5.74) is 5.90. The van der Waals surface area contributed by atoms with Crippen LogP contribution in [0.25, 0.3) is 10.9 Å². The third-order valence-electron chi connectivity index (χ3n) is 3.95. The summed E-state index contributed by atoms with van der Waals surface area (Å²) in [6, 6.07) is 0.288. The van der Waals surface area contributed by atoms with E-state index in [0.29, 0.717) is 17.4 Å². The first-order chi connectivity index (χ1) is 10.2. The predicted molar refractivity (Wildman–Crippen MR) is 78.4 cm³/mol. The Morgan fingerprint density at radius 2 is 2.00 bits per heavy atom. The van der Waals surface area contributed by atoms with Gasteiger partial charge in [0.25, 0.3) is 0 Å². The van der Waals surface area contributed by atoms with E-state index in [1.807, 2.05) is 0 Å². The van der Waals surface area contributed by atoms with E-state index >= 15 is 0 Å². The third kappa shape index (κ3) is 2.87. The minimum Gasteiger partial charge on any atom is -0.383 e. The molecule has 1 saturated carbocycles. The number of nitrogens with zero attached hydrogens (tertiary/aromatic N) is 3. The zero-order chi connectivity index (χ0) is 14.8. The molecule has 6 nitrogen and oxygen atoms in total. The zero-order valence-electron chi connectivity index (χ0n) is 11.8. The van der Waals surface area contributed by atoms with Crippen LogP contribution in [0, 0.1) is 5.82 Å². The molecule has 2 aromatic rings. The number of halogens is 1. The fourth-order valence-corrected chi connectivity index (χ4v) is 2.70. The molecule has 0 saturated heterocycles. The van der Waals surface area contributed by atoms with Gasteiger partial charge < -0.3 is 15.8 Å². The molecule has 2 heterocycles. The number of nitrogens with two attached hydrogens (primary N) is 1. The van der Waals surface area contributed by atoms with Crippen LogP contribution < -0.4 is 11.1 Å². The van der Waals surface area contributed by atoms with E-state index in [-0.39, 0.29) is 17.4 Å². The standard InChI is InChI=1S/C14H18FN5O/c1-21-9-4-2-8(3-5-9)19-14-18-6-10-12(20-14)11(15)7-17-13(10)16/h6-9H,2-5H2,1H3,(H2,16,17)(H,18,19,20)/t8-,9-. The maximum atomic E-state index is 13.8. The lowest BCUT2D eigenvalue weighted by Crippen LogP contribution is -2.29. The molecule has 112 valence electrons. The lowest BCUT2D eigenvalue weighted by atomic mass is 9.93. The molecule has 1 aliphatic rings. The van der Waals surface area contributed by atoms with Crippen molar-refractivity contribution in [1.82, 2.24) is 15.0 Å². The molecule has 0 bridgehead atoms. The molecule has 7 heteroatoms. The Bertz CT molecular complexity index is 643. The van der Waals surface area contributed by atoms with E-state index in [9.17, 15) is 4.39 Å². The highest BCUT2D eigenvalue weighted by molar-refractivity contribution is 5.88. The van der Waals surface area contributed by atoms with Crippen molar-refractivity contribution < 1.29 is 9.13 Å². The van der Waals surface area contributed by atoms with Gasteiger partial charge in [-0.15, -0.1) is 0 Å². The van der Waals surface area contributed by atoms with Gasteiger partial charge in [-0.25, -0.2) is 19.3 Å². The van der Waals surface area contributed by atoms with E-state index in [4.69, 9.17) is 10.5 Å². The highest BCUT2D eigenvalue weighted by Crippen LogP contribution is 2.24. The second kappa shape index (κ2) is 5.77. The number of hydrogen-bond donors (Lipinski definition) is 2. The van der Waals surface area contributed by atoms with Crippen LogP contribution in [-0.2, 0) is 4.74 Å². The Hall–Kier alpha value is -2.02. The van der Waals surface area contributed by atoms with Crippen LogP contribution in [0.5, 0.6) is 0 Å². The molecule has 3 N–H and O–H groups in total. The average Bonchev–Trinajstić information content (AvgIpc) is 2.52. The van der Waals surface area contributed by atoms with Crippen LogP contribution in [-0.4, -0.2) is 34.2 Å². The van der Waals surface area contributed by atoms with Gasteiger partial charge in [0.05, 0.1) is 17.7 Å². The molecule has 21 heavy (non-hydrogen) atoms. The number of fused-ring (bicyclic) bond motifs is 1. The molecule has 0 atom stereocenters. The van der Waals surface area contributed by atoms with Crippen LogP contribution in [0.2, 0.25) is 0 Å². The number of rotatable bonds is 3. The molecule has 1 fully saturated rings. The number of nitrogens with one attached hydrogen (secondary N) is 1. The van der Waals surface area contributed by atoms with Gasteiger partial charge in [0.15, 0.2) is 5.82 Å². The van der Waals surface area contributed by atoms with Crippen molar-refractivity contribution in [3.63, 3.8) is 0 Å². The van der Waals surface area contributed by atoms with E-state index in [0.717, 1.165) is 31.9 Å². The van der Waals surface area contributed by atoms with Crippen LogP contribution in [0.15, 0.2) is 12.4 Å². The van der Waals surface area contributed by atoms with Gasteiger partial charge in [0.2, 0.25) is 5.95 Å². The second-order valence-corrected chi connectivity index (χ2v) is 5.30. The lowest BCUT2D eigenvalue weighted by Gasteiger charge is -2.28. The van der Waals surface area contributed by atoms with Crippen LogP contribution in [0.4, 0.5) is 16.2 Å². The third-order valence-corrected chi connectivity index (χ3v) is 3.95. The summed E-state index contributed by atoms with van der Waals surface area (Å²) < 4.78 is 19.1. The summed E-state index contributed by atoms with van der Waals surface area (Å²) in [7, 11) is 1.74. The Labute approximate surface area is 121 Å². The summed E-state index contributed by atoms with van der Waals surface area (Å²) in [6.07, 6.45) is 6.92. The number of hydrogen-bond acceptors (Lipinski definition) is 6. The van der Waals surface area contributed by atoms with Gasteiger partial charge in [-0.2, -0.15) is 0 Å². The molecule has 0 radical (unpaired) electrons. The molecule has 0 aromatic carbocycles. The smallest absolute Gasteiger partial charge is 0.223 e. The largest absolute Gasteiger partial charge is 0.383 e. The summed E-state index contributed by atoms with van der Waals surface area (Å²) in [6.45, 7) is 0.